The van der Waals surface area contributed by atoms with Crippen molar-refractivity contribution in [1.29, 1.82) is 0 Å². The van der Waals surface area contributed by atoms with Crippen LogP contribution in [0.3, 0.4) is 0 Å². The van der Waals surface area contributed by atoms with Crippen molar-refractivity contribution in [3.05, 3.63) is 59.5 Å². The Kier molecular flexibility index (Phi) is 5.19. The second-order valence-corrected chi connectivity index (χ2v) is 6.28. The summed E-state index contributed by atoms with van der Waals surface area (Å²) in [5.41, 5.74) is 0.275. The lowest BCUT2D eigenvalue weighted by Crippen LogP contribution is -2.33. The summed E-state index contributed by atoms with van der Waals surface area (Å²) in [5, 5.41) is 2.55. The fraction of sp³-hybridized carbons (Fsp3) is 0.316. The molecule has 0 spiro atoms. The molecule has 130 valence electrons. The van der Waals surface area contributed by atoms with Gasteiger partial charge in [0.25, 0.3) is 5.91 Å². The molecule has 1 aromatic heterocycles. The van der Waals surface area contributed by atoms with Crippen molar-refractivity contribution in [2.45, 2.75) is 12.8 Å². The van der Waals surface area contributed by atoms with E-state index in [0.717, 1.165) is 25.9 Å². The van der Waals surface area contributed by atoms with Crippen LogP contribution in [-0.2, 0) is 0 Å². The van der Waals surface area contributed by atoms with Gasteiger partial charge in [-0.25, -0.2) is 9.37 Å². The SMILES string of the molecule is CN1CCC(C(=O)c2cccc(NC(=O)c3ccccc3F)n2)CC1. The highest BCUT2D eigenvalue weighted by molar-refractivity contribution is 6.04. The van der Waals surface area contributed by atoms with Crippen LogP contribution in [0.5, 0.6) is 0 Å². The first-order valence-electron chi connectivity index (χ1n) is 8.30. The van der Waals surface area contributed by atoms with Crippen molar-refractivity contribution in [3.63, 3.8) is 0 Å². The highest BCUT2D eigenvalue weighted by Crippen LogP contribution is 2.21. The van der Waals surface area contributed by atoms with Gasteiger partial charge in [-0.15, -0.1) is 0 Å². The van der Waals surface area contributed by atoms with Crippen LogP contribution in [0.1, 0.15) is 33.7 Å². The lowest BCUT2D eigenvalue weighted by atomic mass is 9.91. The molecule has 1 saturated heterocycles. The molecule has 1 N–H and O–H groups in total. The fourth-order valence-corrected chi connectivity index (χ4v) is 2.95. The zero-order valence-corrected chi connectivity index (χ0v) is 14.0. The Morgan fingerprint density at radius 1 is 1.12 bits per heavy atom. The number of anilines is 1. The van der Waals surface area contributed by atoms with Gasteiger partial charge in [-0.1, -0.05) is 18.2 Å². The number of Topliss-reactive ketones (excluding diaryl/α,β-unsaturated/α-hetero) is 1. The number of pyridine rings is 1. The van der Waals surface area contributed by atoms with Crippen molar-refractivity contribution in [2.24, 2.45) is 5.92 Å². The minimum Gasteiger partial charge on any atom is -0.306 e. The number of hydrogen-bond acceptors (Lipinski definition) is 4. The first-order valence-corrected chi connectivity index (χ1v) is 8.30. The molecule has 0 saturated carbocycles. The van der Waals surface area contributed by atoms with Gasteiger partial charge in [-0.2, -0.15) is 0 Å². The van der Waals surface area contributed by atoms with Gasteiger partial charge < -0.3 is 10.2 Å². The minimum atomic E-state index is -0.599. The molecule has 1 amide bonds. The van der Waals surface area contributed by atoms with Crippen LogP contribution in [0, 0.1) is 11.7 Å². The molecule has 2 aromatic rings. The molecule has 0 unspecified atom stereocenters. The van der Waals surface area contributed by atoms with E-state index >= 15 is 0 Å². The molecular formula is C19H20FN3O2. The summed E-state index contributed by atoms with van der Waals surface area (Å²) < 4.78 is 13.7. The third-order valence-corrected chi connectivity index (χ3v) is 4.45. The van der Waals surface area contributed by atoms with Gasteiger partial charge in [-0.05, 0) is 57.2 Å². The Balaban J connectivity index is 1.72. The number of piperidine rings is 1. The van der Waals surface area contributed by atoms with Crippen LogP contribution in [-0.4, -0.2) is 41.7 Å². The van der Waals surface area contributed by atoms with Gasteiger partial charge in [0.15, 0.2) is 5.78 Å². The molecule has 1 aromatic carbocycles. The number of rotatable bonds is 4. The summed E-state index contributed by atoms with van der Waals surface area (Å²) in [6.45, 7) is 1.78. The Labute approximate surface area is 145 Å². The summed E-state index contributed by atoms with van der Waals surface area (Å²) in [4.78, 5) is 31.2. The van der Waals surface area contributed by atoms with E-state index in [1.807, 2.05) is 7.05 Å². The summed E-state index contributed by atoms with van der Waals surface area (Å²) in [5.74, 6) is -0.989. The predicted molar refractivity (Wildman–Crippen MR) is 93.1 cm³/mol. The topological polar surface area (TPSA) is 62.3 Å². The number of aromatic nitrogens is 1. The number of nitrogens with one attached hydrogen (secondary N) is 1. The monoisotopic (exact) mass is 341 g/mol. The number of hydrogen-bond donors (Lipinski definition) is 1. The van der Waals surface area contributed by atoms with Crippen LogP contribution in [0.4, 0.5) is 10.2 Å². The van der Waals surface area contributed by atoms with Crippen molar-refractivity contribution < 1.29 is 14.0 Å². The van der Waals surface area contributed by atoms with E-state index in [2.05, 4.69) is 15.2 Å². The van der Waals surface area contributed by atoms with E-state index in [1.54, 1.807) is 24.3 Å². The van der Waals surface area contributed by atoms with Crippen LogP contribution in [0.25, 0.3) is 0 Å². The van der Waals surface area contributed by atoms with Gasteiger partial charge >= 0.3 is 0 Å². The molecule has 1 aliphatic rings. The first-order chi connectivity index (χ1) is 12.0. The highest BCUT2D eigenvalue weighted by atomic mass is 19.1. The van der Waals surface area contributed by atoms with E-state index < -0.39 is 11.7 Å². The zero-order valence-electron chi connectivity index (χ0n) is 14.0. The van der Waals surface area contributed by atoms with Crippen molar-refractivity contribution >= 4 is 17.5 Å². The third kappa shape index (κ3) is 4.09. The lowest BCUT2D eigenvalue weighted by molar-refractivity contribution is 0.0851. The molecule has 1 fully saturated rings. The highest BCUT2D eigenvalue weighted by Gasteiger charge is 2.25. The fourth-order valence-electron chi connectivity index (χ4n) is 2.95. The number of ketones is 1. The molecule has 5 nitrogen and oxygen atoms in total. The van der Waals surface area contributed by atoms with Gasteiger partial charge in [0, 0.05) is 5.92 Å². The molecule has 6 heteroatoms. The maximum absolute atomic E-state index is 13.7. The van der Waals surface area contributed by atoms with Crippen LogP contribution in [0.2, 0.25) is 0 Å². The predicted octanol–water partition coefficient (Wildman–Crippen LogP) is 3.00. The van der Waals surface area contributed by atoms with Crippen molar-refractivity contribution in [1.82, 2.24) is 9.88 Å². The van der Waals surface area contributed by atoms with E-state index in [1.165, 1.54) is 18.2 Å². The number of likely N-dealkylation sites (tertiary alicyclic amines) is 1. The Bertz CT molecular complexity index is 786. The zero-order chi connectivity index (χ0) is 17.8. The molecule has 3 rings (SSSR count). The number of halogens is 1. The summed E-state index contributed by atoms with van der Waals surface area (Å²) >= 11 is 0. The average molecular weight is 341 g/mol. The van der Waals surface area contributed by atoms with Gasteiger partial charge in [0.05, 0.1) is 5.56 Å². The number of benzene rings is 1. The smallest absolute Gasteiger partial charge is 0.259 e. The molecule has 0 radical (unpaired) electrons. The number of carbonyl (C=O) groups is 2. The quantitative estimate of drug-likeness (QED) is 0.869. The Morgan fingerprint density at radius 2 is 1.84 bits per heavy atom. The van der Waals surface area contributed by atoms with E-state index in [4.69, 9.17) is 0 Å². The van der Waals surface area contributed by atoms with Gasteiger partial charge in [0.1, 0.15) is 17.3 Å². The Hall–Kier alpha value is -2.60. The molecule has 2 heterocycles. The molecule has 0 atom stereocenters. The van der Waals surface area contributed by atoms with Crippen LogP contribution >= 0.6 is 0 Å². The first kappa shape index (κ1) is 17.2. The molecule has 25 heavy (non-hydrogen) atoms. The number of nitrogens with zero attached hydrogens (tertiary/aromatic N) is 2. The normalized spacial score (nSPS) is 15.8. The van der Waals surface area contributed by atoms with E-state index in [0.29, 0.717) is 5.69 Å². The van der Waals surface area contributed by atoms with Crippen LogP contribution < -0.4 is 5.32 Å². The Morgan fingerprint density at radius 3 is 2.56 bits per heavy atom. The van der Waals surface area contributed by atoms with E-state index in [9.17, 15) is 14.0 Å². The molecule has 0 bridgehead atoms. The lowest BCUT2D eigenvalue weighted by Gasteiger charge is -2.27. The van der Waals surface area contributed by atoms with Crippen LogP contribution in [0.15, 0.2) is 42.5 Å². The second-order valence-electron chi connectivity index (χ2n) is 6.28. The minimum absolute atomic E-state index is 0.00455. The summed E-state index contributed by atoms with van der Waals surface area (Å²) in [6, 6.07) is 10.6. The largest absolute Gasteiger partial charge is 0.306 e. The summed E-state index contributed by atoms with van der Waals surface area (Å²) in [6.07, 6.45) is 1.62. The standard InChI is InChI=1S/C19H20FN3O2/c1-23-11-9-13(10-12-23)18(24)16-7-4-8-17(21-16)22-19(25)14-5-2-3-6-15(14)20/h2-8,13H,9-12H2,1H3,(H,21,22,25). The van der Waals surface area contributed by atoms with Crippen molar-refractivity contribution in [2.75, 3.05) is 25.5 Å². The third-order valence-electron chi connectivity index (χ3n) is 4.45. The molecular weight excluding hydrogens is 321 g/mol. The average Bonchev–Trinajstić information content (AvgIpc) is 2.62. The van der Waals surface area contributed by atoms with Gasteiger partial charge in [-0.3, -0.25) is 9.59 Å². The van der Waals surface area contributed by atoms with E-state index in [-0.39, 0.29) is 23.1 Å². The van der Waals surface area contributed by atoms with Gasteiger partial charge in [0.2, 0.25) is 0 Å². The maximum atomic E-state index is 13.7. The second kappa shape index (κ2) is 7.53. The molecule has 1 aliphatic heterocycles. The maximum Gasteiger partial charge on any atom is 0.259 e. The molecule has 0 aliphatic carbocycles. The summed E-state index contributed by atoms with van der Waals surface area (Å²) in [7, 11) is 2.04. The number of amides is 1. The van der Waals surface area contributed by atoms with Crippen molar-refractivity contribution in [3.8, 4) is 0 Å². The number of carbonyl (C=O) groups excluding carboxylic acids is 2.